The van der Waals surface area contributed by atoms with Gasteiger partial charge in [0.25, 0.3) is 0 Å². The minimum Gasteiger partial charge on any atom is -0.313 e. The molecule has 0 unspecified atom stereocenters. The standard InChI is InChI=1S/C49H62N6/c1-2-14-46(15-3-1)49(47-20-16-40(17-21-47)38-54-28-6-24-50-34-42-10-4-11-43(32-42)35-51-25-7-29-54)48-22-18-41(19-23-48)39-55-30-8-26-52-36-44-12-5-13-45(33-44)37-53-27-9-31-55/h1-5,10-23,32-33,49-53H,6-9,24-31,34-39H2. The van der Waals surface area contributed by atoms with Gasteiger partial charge in [-0.1, -0.05) is 127 Å². The Kier molecular flexibility index (Phi) is 15.1. The number of benzene rings is 5. The third-order valence-electron chi connectivity index (χ3n) is 11.2. The Labute approximate surface area is 330 Å². The fourth-order valence-electron chi connectivity index (χ4n) is 8.25. The van der Waals surface area contributed by atoms with Gasteiger partial charge < -0.3 is 21.3 Å². The van der Waals surface area contributed by atoms with Crippen molar-refractivity contribution in [2.24, 2.45) is 0 Å². The largest absolute Gasteiger partial charge is 0.313 e. The lowest BCUT2D eigenvalue weighted by Gasteiger charge is -2.25. The van der Waals surface area contributed by atoms with Crippen LogP contribution in [0.4, 0.5) is 0 Å². The molecule has 0 aliphatic carbocycles. The zero-order valence-electron chi connectivity index (χ0n) is 32.8. The molecule has 5 aromatic rings. The molecule has 0 aromatic heterocycles. The summed E-state index contributed by atoms with van der Waals surface area (Å²) < 4.78 is 0. The molecule has 0 atom stereocenters. The van der Waals surface area contributed by atoms with Crippen molar-refractivity contribution in [3.63, 3.8) is 0 Å². The molecule has 7 rings (SSSR count). The molecule has 4 bridgehead atoms. The quantitative estimate of drug-likeness (QED) is 0.128. The Morgan fingerprint density at radius 1 is 0.382 bits per heavy atom. The number of hydrogen-bond acceptors (Lipinski definition) is 6. The average Bonchev–Trinajstić information content (AvgIpc) is 3.21. The Morgan fingerprint density at radius 2 is 0.727 bits per heavy atom. The van der Waals surface area contributed by atoms with Crippen molar-refractivity contribution in [3.8, 4) is 0 Å². The van der Waals surface area contributed by atoms with E-state index in [4.69, 9.17) is 0 Å². The van der Waals surface area contributed by atoms with Gasteiger partial charge in [-0.05, 0) is 128 Å². The lowest BCUT2D eigenvalue weighted by molar-refractivity contribution is 0.256. The topological polar surface area (TPSA) is 54.6 Å². The normalized spacial score (nSPS) is 17.6. The lowest BCUT2D eigenvalue weighted by atomic mass is 9.84. The fraction of sp³-hybridized carbons (Fsp3) is 0.388. The van der Waals surface area contributed by atoms with Crippen molar-refractivity contribution in [1.29, 1.82) is 0 Å². The molecule has 4 N–H and O–H groups in total. The van der Waals surface area contributed by atoms with E-state index in [2.05, 4.69) is 158 Å². The molecule has 6 heteroatoms. The van der Waals surface area contributed by atoms with Gasteiger partial charge in [0.1, 0.15) is 0 Å². The van der Waals surface area contributed by atoms with Crippen LogP contribution in [0.15, 0.2) is 127 Å². The van der Waals surface area contributed by atoms with Gasteiger partial charge in [-0.25, -0.2) is 0 Å². The first-order valence-electron chi connectivity index (χ1n) is 20.9. The Hall–Kier alpha value is -4.14. The molecule has 55 heavy (non-hydrogen) atoms. The third-order valence-corrected chi connectivity index (χ3v) is 11.2. The van der Waals surface area contributed by atoms with Crippen LogP contribution < -0.4 is 21.3 Å². The van der Waals surface area contributed by atoms with E-state index in [0.717, 1.165) is 117 Å². The van der Waals surface area contributed by atoms with E-state index in [-0.39, 0.29) is 5.92 Å². The van der Waals surface area contributed by atoms with Crippen molar-refractivity contribution < 1.29 is 0 Å². The lowest BCUT2D eigenvalue weighted by Crippen LogP contribution is -2.30. The van der Waals surface area contributed by atoms with E-state index in [9.17, 15) is 0 Å². The first kappa shape index (κ1) is 39.1. The van der Waals surface area contributed by atoms with Crippen molar-refractivity contribution in [1.82, 2.24) is 31.1 Å². The molecule has 0 spiro atoms. The maximum atomic E-state index is 3.67. The highest BCUT2D eigenvalue weighted by Crippen LogP contribution is 2.32. The molecule has 6 nitrogen and oxygen atoms in total. The summed E-state index contributed by atoms with van der Waals surface area (Å²) in [5.74, 6) is 0.196. The van der Waals surface area contributed by atoms with Crippen molar-refractivity contribution >= 4 is 0 Å². The number of nitrogens with one attached hydrogen (secondary N) is 4. The first-order valence-corrected chi connectivity index (χ1v) is 20.9. The minimum atomic E-state index is 0.196. The molecule has 0 saturated carbocycles. The molecule has 0 saturated heterocycles. The summed E-state index contributed by atoms with van der Waals surface area (Å²) >= 11 is 0. The average molecular weight is 735 g/mol. The Bertz CT molecular complexity index is 1660. The van der Waals surface area contributed by atoms with Crippen LogP contribution in [0.2, 0.25) is 0 Å². The summed E-state index contributed by atoms with van der Waals surface area (Å²) in [6.45, 7) is 14.3. The van der Waals surface area contributed by atoms with Gasteiger partial charge in [0.05, 0.1) is 0 Å². The molecule has 0 amide bonds. The minimum absolute atomic E-state index is 0.196. The zero-order chi connectivity index (χ0) is 37.3. The Balaban J connectivity index is 0.977. The summed E-state index contributed by atoms with van der Waals surface area (Å²) in [6, 6.07) is 48.0. The summed E-state index contributed by atoms with van der Waals surface area (Å²) in [6.07, 6.45) is 4.61. The van der Waals surface area contributed by atoms with E-state index < -0.39 is 0 Å². The van der Waals surface area contributed by atoms with Gasteiger partial charge >= 0.3 is 0 Å². The predicted octanol–water partition coefficient (Wildman–Crippen LogP) is 7.82. The second kappa shape index (κ2) is 21.2. The van der Waals surface area contributed by atoms with Gasteiger partial charge in [0.2, 0.25) is 0 Å². The predicted molar refractivity (Wildman–Crippen MR) is 229 cm³/mol. The maximum absolute atomic E-state index is 3.67. The van der Waals surface area contributed by atoms with Gasteiger partial charge in [-0.3, -0.25) is 9.80 Å². The second-order valence-electron chi connectivity index (χ2n) is 15.6. The highest BCUT2D eigenvalue weighted by Gasteiger charge is 2.18. The highest BCUT2D eigenvalue weighted by atomic mass is 15.1. The monoisotopic (exact) mass is 735 g/mol. The SMILES string of the molecule is c1ccc(C(c2ccc(CN3CCCNCc4cccc(c4)CNCCC3)cc2)c2ccc(CN3CCCNCc4cccc(c4)CNCCC3)cc2)cc1. The molecule has 0 radical (unpaired) electrons. The molecular weight excluding hydrogens is 673 g/mol. The number of rotatable bonds is 7. The van der Waals surface area contributed by atoms with Gasteiger partial charge in [0.15, 0.2) is 0 Å². The maximum Gasteiger partial charge on any atom is 0.0339 e. The molecule has 5 aromatic carbocycles. The first-order chi connectivity index (χ1) is 27.2. The molecule has 2 aliphatic rings. The van der Waals surface area contributed by atoms with Gasteiger partial charge in [-0.2, -0.15) is 0 Å². The van der Waals surface area contributed by atoms with Crippen LogP contribution in [0.5, 0.6) is 0 Å². The van der Waals surface area contributed by atoms with E-state index in [1.54, 1.807) is 0 Å². The number of nitrogens with zero attached hydrogens (tertiary/aromatic N) is 2. The summed E-state index contributed by atoms with van der Waals surface area (Å²) in [5, 5.41) is 14.7. The third kappa shape index (κ3) is 12.4. The molecule has 2 heterocycles. The second-order valence-corrected chi connectivity index (χ2v) is 15.6. The zero-order valence-corrected chi connectivity index (χ0v) is 32.8. The van der Waals surface area contributed by atoms with Gasteiger partial charge in [-0.15, -0.1) is 0 Å². The van der Waals surface area contributed by atoms with Crippen LogP contribution in [0.1, 0.15) is 81.7 Å². The van der Waals surface area contributed by atoms with E-state index in [0.29, 0.717) is 0 Å². The summed E-state index contributed by atoms with van der Waals surface area (Å²) in [7, 11) is 0. The molecule has 288 valence electrons. The van der Waals surface area contributed by atoms with Crippen LogP contribution in [0.25, 0.3) is 0 Å². The summed E-state index contributed by atoms with van der Waals surface area (Å²) in [4.78, 5) is 5.28. The van der Waals surface area contributed by atoms with Crippen molar-refractivity contribution in [2.75, 3.05) is 52.4 Å². The van der Waals surface area contributed by atoms with E-state index >= 15 is 0 Å². The van der Waals surface area contributed by atoms with Crippen molar-refractivity contribution in [2.45, 2.75) is 70.9 Å². The molecular formula is C49H62N6. The van der Waals surface area contributed by atoms with E-state index in [1.165, 1.54) is 50.1 Å². The highest BCUT2D eigenvalue weighted by molar-refractivity contribution is 5.44. The van der Waals surface area contributed by atoms with Crippen LogP contribution >= 0.6 is 0 Å². The number of hydrogen-bond donors (Lipinski definition) is 4. The van der Waals surface area contributed by atoms with Crippen LogP contribution in [0, 0.1) is 0 Å². The van der Waals surface area contributed by atoms with E-state index in [1.807, 2.05) is 0 Å². The van der Waals surface area contributed by atoms with Crippen LogP contribution in [-0.2, 0) is 39.3 Å². The fourth-order valence-corrected chi connectivity index (χ4v) is 8.25. The van der Waals surface area contributed by atoms with Gasteiger partial charge in [0, 0.05) is 45.2 Å². The van der Waals surface area contributed by atoms with Crippen molar-refractivity contribution in [3.05, 3.63) is 177 Å². The van der Waals surface area contributed by atoms with Crippen LogP contribution in [-0.4, -0.2) is 62.2 Å². The smallest absolute Gasteiger partial charge is 0.0339 e. The molecule has 0 fully saturated rings. The Morgan fingerprint density at radius 3 is 1.09 bits per heavy atom. The molecule has 2 aliphatic heterocycles. The number of fused-ring (bicyclic) bond motifs is 4. The summed E-state index contributed by atoms with van der Waals surface area (Å²) in [5.41, 5.74) is 12.3. The van der Waals surface area contributed by atoms with Crippen LogP contribution in [0.3, 0.4) is 0 Å².